The Morgan fingerprint density at radius 1 is 1.29 bits per heavy atom. The lowest BCUT2D eigenvalue weighted by Crippen LogP contribution is -2.47. The smallest absolute Gasteiger partial charge is 0.315 e. The number of nitrogens with one attached hydrogen (secondary N) is 2. The van der Waals surface area contributed by atoms with Crippen molar-refractivity contribution in [2.75, 3.05) is 6.61 Å². The fourth-order valence-corrected chi connectivity index (χ4v) is 2.61. The lowest BCUT2D eigenvalue weighted by Gasteiger charge is -2.21. The van der Waals surface area contributed by atoms with Crippen molar-refractivity contribution in [3.05, 3.63) is 35.9 Å². The number of hydrogen-bond acceptors (Lipinski definition) is 2. The summed E-state index contributed by atoms with van der Waals surface area (Å²) in [5, 5.41) is 14.9. The third-order valence-corrected chi connectivity index (χ3v) is 3.98. The van der Waals surface area contributed by atoms with Gasteiger partial charge in [0.05, 0.1) is 0 Å². The van der Waals surface area contributed by atoms with Gasteiger partial charge >= 0.3 is 6.03 Å². The normalized spacial score (nSPS) is 17.0. The van der Waals surface area contributed by atoms with Crippen molar-refractivity contribution < 1.29 is 9.90 Å². The van der Waals surface area contributed by atoms with Crippen LogP contribution in [0, 0.1) is 5.92 Å². The number of amides is 2. The third-order valence-electron chi connectivity index (χ3n) is 3.98. The highest BCUT2D eigenvalue weighted by molar-refractivity contribution is 5.74. The van der Waals surface area contributed by atoms with Gasteiger partial charge < -0.3 is 15.7 Å². The zero-order chi connectivity index (χ0) is 15.1. The van der Waals surface area contributed by atoms with Gasteiger partial charge in [0.2, 0.25) is 0 Å². The minimum absolute atomic E-state index is 0.0896. The molecule has 0 aliphatic heterocycles. The summed E-state index contributed by atoms with van der Waals surface area (Å²) in [4.78, 5) is 12.1. The molecule has 0 heterocycles. The van der Waals surface area contributed by atoms with Gasteiger partial charge in [-0.3, -0.25) is 0 Å². The molecule has 1 aliphatic carbocycles. The summed E-state index contributed by atoms with van der Waals surface area (Å²) in [7, 11) is 0. The van der Waals surface area contributed by atoms with Crippen LogP contribution >= 0.6 is 0 Å². The molecule has 2 atom stereocenters. The van der Waals surface area contributed by atoms with Crippen LogP contribution in [0.4, 0.5) is 4.79 Å². The molecule has 0 spiro atoms. The van der Waals surface area contributed by atoms with Crippen LogP contribution < -0.4 is 10.6 Å². The number of rotatable bonds is 8. The Kier molecular flexibility index (Phi) is 6.05. The molecule has 2 unspecified atom stereocenters. The first-order chi connectivity index (χ1) is 10.2. The molecule has 0 aromatic heterocycles. The number of carbonyl (C=O) groups is 1. The summed E-state index contributed by atoms with van der Waals surface area (Å²) in [6.45, 7) is 2.14. The zero-order valence-electron chi connectivity index (χ0n) is 12.7. The lowest BCUT2D eigenvalue weighted by atomic mass is 10.0. The first-order valence-electron chi connectivity index (χ1n) is 7.91. The van der Waals surface area contributed by atoms with Crippen LogP contribution in [0.1, 0.15) is 38.2 Å². The summed E-state index contributed by atoms with van der Waals surface area (Å²) in [6.07, 6.45) is 4.83. The van der Waals surface area contributed by atoms with Crippen molar-refractivity contribution in [1.29, 1.82) is 0 Å². The average molecular weight is 290 g/mol. The Morgan fingerprint density at radius 2 is 2.00 bits per heavy atom. The van der Waals surface area contributed by atoms with Crippen LogP contribution in [0.25, 0.3) is 0 Å². The number of aliphatic hydroxyl groups excluding tert-OH is 1. The van der Waals surface area contributed by atoms with E-state index in [1.807, 2.05) is 25.1 Å². The van der Waals surface area contributed by atoms with Crippen molar-refractivity contribution in [3.63, 3.8) is 0 Å². The molecule has 4 nitrogen and oxygen atoms in total. The highest BCUT2D eigenvalue weighted by Crippen LogP contribution is 2.34. The lowest BCUT2D eigenvalue weighted by molar-refractivity contribution is 0.229. The maximum Gasteiger partial charge on any atom is 0.315 e. The molecule has 4 heteroatoms. The predicted molar refractivity (Wildman–Crippen MR) is 84.1 cm³/mol. The van der Waals surface area contributed by atoms with Gasteiger partial charge in [0, 0.05) is 18.7 Å². The summed E-state index contributed by atoms with van der Waals surface area (Å²) in [6, 6.07) is 10.5. The van der Waals surface area contributed by atoms with Gasteiger partial charge in [0.1, 0.15) is 0 Å². The minimum Gasteiger partial charge on any atom is -0.396 e. The van der Waals surface area contributed by atoms with E-state index in [1.54, 1.807) is 0 Å². The Balaban J connectivity index is 1.81. The van der Waals surface area contributed by atoms with Gasteiger partial charge in [-0.1, -0.05) is 30.3 Å². The zero-order valence-corrected chi connectivity index (χ0v) is 12.7. The number of benzene rings is 1. The van der Waals surface area contributed by atoms with Crippen molar-refractivity contribution in [3.8, 4) is 0 Å². The maximum atomic E-state index is 12.1. The summed E-state index contributed by atoms with van der Waals surface area (Å²) in [5.41, 5.74) is 1.27. The number of carbonyl (C=O) groups excluding carboxylic acids is 1. The van der Waals surface area contributed by atoms with Gasteiger partial charge in [0.25, 0.3) is 0 Å². The van der Waals surface area contributed by atoms with Crippen LogP contribution in [0.15, 0.2) is 30.3 Å². The van der Waals surface area contributed by atoms with E-state index in [0.29, 0.717) is 5.92 Å². The third kappa shape index (κ3) is 5.76. The molecule has 2 amide bonds. The average Bonchev–Trinajstić information content (AvgIpc) is 3.30. The van der Waals surface area contributed by atoms with Gasteiger partial charge in [-0.25, -0.2) is 4.79 Å². The quantitative estimate of drug-likeness (QED) is 0.689. The van der Waals surface area contributed by atoms with Crippen molar-refractivity contribution >= 4 is 6.03 Å². The summed E-state index contributed by atoms with van der Waals surface area (Å²) < 4.78 is 0. The number of urea groups is 1. The molecule has 2 rings (SSSR count). The molecule has 1 aliphatic rings. The molecule has 21 heavy (non-hydrogen) atoms. The van der Waals surface area contributed by atoms with Gasteiger partial charge in [0.15, 0.2) is 0 Å². The Labute approximate surface area is 126 Å². The first kappa shape index (κ1) is 15.8. The Hall–Kier alpha value is -1.55. The van der Waals surface area contributed by atoms with Crippen molar-refractivity contribution in [2.45, 2.75) is 51.1 Å². The monoisotopic (exact) mass is 290 g/mol. The van der Waals surface area contributed by atoms with Crippen LogP contribution in [-0.4, -0.2) is 29.8 Å². The SMILES string of the molecule is CC(CCCO)NC(=O)NC(Cc1ccccc1)C1CC1. The number of hydrogen-bond donors (Lipinski definition) is 3. The van der Waals surface area contributed by atoms with E-state index in [9.17, 15) is 4.79 Å². The molecule has 0 radical (unpaired) electrons. The molecule has 0 bridgehead atoms. The van der Waals surface area contributed by atoms with Crippen molar-refractivity contribution in [2.24, 2.45) is 5.92 Å². The fourth-order valence-electron chi connectivity index (χ4n) is 2.61. The second-order valence-electron chi connectivity index (χ2n) is 6.02. The highest BCUT2D eigenvalue weighted by atomic mass is 16.3. The molecule has 1 aromatic rings. The summed E-state index contributed by atoms with van der Waals surface area (Å²) >= 11 is 0. The Morgan fingerprint density at radius 3 is 2.62 bits per heavy atom. The van der Waals surface area contributed by atoms with Crippen LogP contribution in [0.2, 0.25) is 0 Å². The van der Waals surface area contributed by atoms with E-state index in [0.717, 1.165) is 19.3 Å². The van der Waals surface area contributed by atoms with E-state index in [2.05, 4.69) is 22.8 Å². The summed E-state index contributed by atoms with van der Waals surface area (Å²) in [5.74, 6) is 0.615. The van der Waals surface area contributed by atoms with E-state index in [-0.39, 0.29) is 24.7 Å². The Bertz CT molecular complexity index is 432. The van der Waals surface area contributed by atoms with Crippen molar-refractivity contribution in [1.82, 2.24) is 10.6 Å². The van der Waals surface area contributed by atoms with Gasteiger partial charge in [-0.05, 0) is 50.5 Å². The first-order valence-corrected chi connectivity index (χ1v) is 7.91. The topological polar surface area (TPSA) is 61.4 Å². The second kappa shape index (κ2) is 8.03. The largest absolute Gasteiger partial charge is 0.396 e. The fraction of sp³-hybridized carbons (Fsp3) is 0.588. The van der Waals surface area contributed by atoms with Crippen LogP contribution in [0.3, 0.4) is 0 Å². The van der Waals surface area contributed by atoms with E-state index in [4.69, 9.17) is 5.11 Å². The van der Waals surface area contributed by atoms with Gasteiger partial charge in [-0.15, -0.1) is 0 Å². The molecule has 116 valence electrons. The van der Waals surface area contributed by atoms with E-state index in [1.165, 1.54) is 18.4 Å². The maximum absolute atomic E-state index is 12.1. The highest BCUT2D eigenvalue weighted by Gasteiger charge is 2.32. The molecule has 3 N–H and O–H groups in total. The molecule has 1 saturated carbocycles. The van der Waals surface area contributed by atoms with E-state index >= 15 is 0 Å². The molecule has 0 saturated heterocycles. The van der Waals surface area contributed by atoms with Gasteiger partial charge in [-0.2, -0.15) is 0 Å². The molecular formula is C17H26N2O2. The van der Waals surface area contributed by atoms with E-state index < -0.39 is 0 Å². The second-order valence-corrected chi connectivity index (χ2v) is 6.02. The molecule has 1 fully saturated rings. The van der Waals surface area contributed by atoms with Crippen LogP contribution in [0.5, 0.6) is 0 Å². The minimum atomic E-state index is -0.0896. The molecule has 1 aromatic carbocycles. The van der Waals surface area contributed by atoms with Crippen LogP contribution in [-0.2, 0) is 6.42 Å². The number of aliphatic hydroxyl groups is 1. The standard InChI is InChI=1S/C17H26N2O2/c1-13(6-5-11-20)18-17(21)19-16(15-9-10-15)12-14-7-3-2-4-8-14/h2-4,7-8,13,15-16,20H,5-6,9-12H2,1H3,(H2,18,19,21). The molecular weight excluding hydrogens is 264 g/mol. The predicted octanol–water partition coefficient (Wildman–Crippen LogP) is 2.47.